The van der Waals surface area contributed by atoms with Gasteiger partial charge in [-0.2, -0.15) is 0 Å². The zero-order valence-electron chi connectivity index (χ0n) is 15.7. The van der Waals surface area contributed by atoms with Crippen LogP contribution in [0.4, 0.5) is 5.69 Å². The van der Waals surface area contributed by atoms with Crippen LogP contribution >= 0.6 is 0 Å². The summed E-state index contributed by atoms with van der Waals surface area (Å²) in [5.41, 5.74) is 1.58. The number of rotatable bonds is 6. The van der Waals surface area contributed by atoms with Gasteiger partial charge in [-0.3, -0.25) is 9.59 Å². The fraction of sp³-hybridized carbons (Fsp3) is 0.350. The van der Waals surface area contributed by atoms with Crippen molar-refractivity contribution in [3.05, 3.63) is 48.4 Å². The van der Waals surface area contributed by atoms with E-state index in [1.165, 1.54) is 0 Å². The van der Waals surface area contributed by atoms with Gasteiger partial charge in [-0.15, -0.1) is 5.10 Å². The predicted molar refractivity (Wildman–Crippen MR) is 102 cm³/mol. The van der Waals surface area contributed by atoms with Crippen molar-refractivity contribution in [3.8, 4) is 11.4 Å². The van der Waals surface area contributed by atoms with Gasteiger partial charge in [0.05, 0.1) is 24.8 Å². The second-order valence-electron chi connectivity index (χ2n) is 7.50. The van der Waals surface area contributed by atoms with Crippen LogP contribution in [0.15, 0.2) is 47.1 Å². The van der Waals surface area contributed by atoms with Gasteiger partial charge in [0.15, 0.2) is 5.82 Å². The molecule has 9 nitrogen and oxygen atoms in total. The number of likely N-dealkylation sites (tertiary alicyclic amines) is 1. The van der Waals surface area contributed by atoms with Crippen LogP contribution in [-0.4, -0.2) is 43.5 Å². The first kappa shape index (κ1) is 17.6. The molecule has 2 aliphatic rings. The number of hydrogen-bond acceptors (Lipinski definition) is 6. The fourth-order valence-electron chi connectivity index (χ4n) is 3.59. The molecule has 0 unspecified atom stereocenters. The van der Waals surface area contributed by atoms with E-state index < -0.39 is 0 Å². The molecule has 1 saturated heterocycles. The maximum atomic E-state index is 12.6. The summed E-state index contributed by atoms with van der Waals surface area (Å²) in [5.74, 6) is 0.878. The zero-order chi connectivity index (χ0) is 19.8. The molecule has 2 aromatic heterocycles. The van der Waals surface area contributed by atoms with Crippen LogP contribution in [0, 0.1) is 5.92 Å². The van der Waals surface area contributed by atoms with Crippen LogP contribution in [0.25, 0.3) is 11.4 Å². The van der Waals surface area contributed by atoms with Crippen molar-refractivity contribution in [2.45, 2.75) is 31.8 Å². The van der Waals surface area contributed by atoms with E-state index in [9.17, 15) is 9.59 Å². The van der Waals surface area contributed by atoms with Gasteiger partial charge in [-0.1, -0.05) is 0 Å². The molecule has 148 valence electrons. The smallest absolute Gasteiger partial charge is 0.229 e. The highest BCUT2D eigenvalue weighted by Gasteiger charge is 2.34. The number of amides is 2. The largest absolute Gasteiger partial charge is 0.467 e. The van der Waals surface area contributed by atoms with Crippen molar-refractivity contribution in [1.29, 1.82) is 0 Å². The molecule has 0 bridgehead atoms. The summed E-state index contributed by atoms with van der Waals surface area (Å²) in [6.07, 6.45) is 3.99. The number of nitrogens with one attached hydrogen (secondary N) is 1. The van der Waals surface area contributed by atoms with Gasteiger partial charge in [-0.05, 0) is 59.7 Å². The lowest BCUT2D eigenvalue weighted by molar-refractivity contribution is -0.128. The molecule has 0 spiro atoms. The molecular weight excluding hydrogens is 372 g/mol. The highest BCUT2D eigenvalue weighted by atomic mass is 16.3. The summed E-state index contributed by atoms with van der Waals surface area (Å²) in [6.45, 7) is 0.777. The number of nitrogens with zero attached hydrogens (tertiary/aromatic N) is 5. The van der Waals surface area contributed by atoms with Gasteiger partial charge in [0, 0.05) is 24.2 Å². The van der Waals surface area contributed by atoms with Gasteiger partial charge in [0.2, 0.25) is 11.8 Å². The van der Waals surface area contributed by atoms with Crippen molar-refractivity contribution < 1.29 is 14.0 Å². The highest BCUT2D eigenvalue weighted by molar-refractivity contribution is 5.97. The minimum Gasteiger partial charge on any atom is -0.467 e. The molecule has 2 amide bonds. The molecule has 2 fully saturated rings. The SMILES string of the molecule is O=C(Nc1ccc(-c2nnnn2C2CC2)cc1)[C@H]1CC(=O)N(Cc2ccco2)C1. The number of anilines is 1. The first-order valence-corrected chi connectivity index (χ1v) is 9.67. The Kier molecular flexibility index (Phi) is 4.34. The first-order chi connectivity index (χ1) is 14.2. The lowest BCUT2D eigenvalue weighted by Crippen LogP contribution is -2.27. The average Bonchev–Trinajstić information content (AvgIpc) is 3.09. The Balaban J connectivity index is 1.22. The molecule has 1 aliphatic heterocycles. The van der Waals surface area contributed by atoms with Crippen molar-refractivity contribution in [1.82, 2.24) is 25.1 Å². The minimum absolute atomic E-state index is 0.0381. The quantitative estimate of drug-likeness (QED) is 0.690. The summed E-state index contributed by atoms with van der Waals surface area (Å²) in [4.78, 5) is 26.5. The number of tetrazole rings is 1. The number of hydrogen-bond donors (Lipinski definition) is 1. The van der Waals surface area contributed by atoms with E-state index in [-0.39, 0.29) is 24.2 Å². The van der Waals surface area contributed by atoms with Gasteiger partial charge in [0.25, 0.3) is 0 Å². The van der Waals surface area contributed by atoms with Crippen LogP contribution in [0.1, 0.15) is 31.1 Å². The number of furan rings is 1. The van der Waals surface area contributed by atoms with E-state index in [0.29, 0.717) is 30.6 Å². The minimum atomic E-state index is -0.376. The van der Waals surface area contributed by atoms with Crippen molar-refractivity contribution in [2.24, 2.45) is 5.92 Å². The Bertz CT molecular complexity index is 1020. The third kappa shape index (κ3) is 3.63. The van der Waals surface area contributed by atoms with Crippen LogP contribution in [0.5, 0.6) is 0 Å². The Hall–Kier alpha value is -3.49. The molecule has 1 N–H and O–H groups in total. The molecule has 1 atom stereocenters. The Morgan fingerprint density at radius 1 is 1.21 bits per heavy atom. The second kappa shape index (κ2) is 7.16. The van der Waals surface area contributed by atoms with Gasteiger partial charge >= 0.3 is 0 Å². The van der Waals surface area contributed by atoms with Crippen LogP contribution in [0.2, 0.25) is 0 Å². The summed E-state index contributed by atoms with van der Waals surface area (Å²) in [7, 11) is 0. The Morgan fingerprint density at radius 3 is 2.76 bits per heavy atom. The molecular formula is C20H20N6O3. The molecule has 1 aliphatic carbocycles. The van der Waals surface area contributed by atoms with Crippen molar-refractivity contribution in [3.63, 3.8) is 0 Å². The standard InChI is InChI=1S/C20H20N6O3/c27-18-10-14(11-25(18)12-17-2-1-9-29-17)20(28)21-15-5-3-13(4-6-15)19-22-23-24-26(19)16-7-8-16/h1-6,9,14,16H,7-8,10-12H2,(H,21,28)/t14-/m0/s1. The van der Waals surface area contributed by atoms with Gasteiger partial charge < -0.3 is 14.6 Å². The van der Waals surface area contributed by atoms with Crippen molar-refractivity contribution in [2.75, 3.05) is 11.9 Å². The normalized spacial score (nSPS) is 19.0. The average molecular weight is 392 g/mol. The van der Waals surface area contributed by atoms with Gasteiger partial charge in [-0.25, -0.2) is 4.68 Å². The number of carbonyl (C=O) groups is 2. The predicted octanol–water partition coefficient (Wildman–Crippen LogP) is 2.26. The lowest BCUT2D eigenvalue weighted by Gasteiger charge is -2.15. The number of carbonyl (C=O) groups excluding carboxylic acids is 2. The molecule has 3 heterocycles. The molecule has 9 heteroatoms. The van der Waals surface area contributed by atoms with Crippen LogP contribution in [-0.2, 0) is 16.1 Å². The molecule has 29 heavy (non-hydrogen) atoms. The molecule has 3 aromatic rings. The third-order valence-electron chi connectivity index (χ3n) is 5.31. The maximum Gasteiger partial charge on any atom is 0.229 e. The zero-order valence-corrected chi connectivity index (χ0v) is 15.7. The number of benzene rings is 1. The van der Waals surface area contributed by atoms with E-state index in [0.717, 1.165) is 24.2 Å². The van der Waals surface area contributed by atoms with E-state index >= 15 is 0 Å². The fourth-order valence-corrected chi connectivity index (χ4v) is 3.59. The second-order valence-corrected chi connectivity index (χ2v) is 7.50. The van der Waals surface area contributed by atoms with E-state index in [1.54, 1.807) is 17.2 Å². The molecule has 1 aromatic carbocycles. The summed E-state index contributed by atoms with van der Waals surface area (Å²) in [5, 5.41) is 14.9. The van der Waals surface area contributed by atoms with E-state index in [2.05, 4.69) is 20.8 Å². The summed E-state index contributed by atoms with van der Waals surface area (Å²) >= 11 is 0. The van der Waals surface area contributed by atoms with Crippen LogP contribution in [0.3, 0.4) is 0 Å². The van der Waals surface area contributed by atoms with Gasteiger partial charge in [0.1, 0.15) is 5.76 Å². The van der Waals surface area contributed by atoms with E-state index in [4.69, 9.17) is 4.42 Å². The summed E-state index contributed by atoms with van der Waals surface area (Å²) in [6, 6.07) is 11.4. The summed E-state index contributed by atoms with van der Waals surface area (Å²) < 4.78 is 7.15. The highest BCUT2D eigenvalue weighted by Crippen LogP contribution is 2.36. The molecule has 0 radical (unpaired) electrons. The van der Waals surface area contributed by atoms with Crippen LogP contribution < -0.4 is 5.32 Å². The molecule has 1 saturated carbocycles. The molecule has 5 rings (SSSR count). The lowest BCUT2D eigenvalue weighted by atomic mass is 10.1. The number of aromatic nitrogens is 4. The topological polar surface area (TPSA) is 106 Å². The third-order valence-corrected chi connectivity index (χ3v) is 5.31. The Labute approximate surface area is 166 Å². The monoisotopic (exact) mass is 392 g/mol. The maximum absolute atomic E-state index is 12.6. The van der Waals surface area contributed by atoms with E-state index in [1.807, 2.05) is 35.0 Å². The van der Waals surface area contributed by atoms with Crippen molar-refractivity contribution >= 4 is 17.5 Å². The first-order valence-electron chi connectivity index (χ1n) is 9.67. The Morgan fingerprint density at radius 2 is 2.03 bits per heavy atom.